The van der Waals surface area contributed by atoms with E-state index in [4.69, 9.17) is 4.74 Å². The van der Waals surface area contributed by atoms with Crippen LogP contribution in [0.2, 0.25) is 0 Å². The molecule has 7 heteroatoms. The number of amides is 1. The minimum atomic E-state index is -3.40. The largest absolute Gasteiger partial charge is 0.383 e. The van der Waals surface area contributed by atoms with E-state index in [1.54, 1.807) is 7.11 Å². The predicted octanol–water partition coefficient (Wildman–Crippen LogP) is -1.17. The van der Waals surface area contributed by atoms with Crippen LogP contribution in [-0.4, -0.2) is 46.4 Å². The Kier molecular flexibility index (Phi) is 4.49. The molecule has 0 spiro atoms. The van der Waals surface area contributed by atoms with Gasteiger partial charge in [0.05, 0.1) is 18.4 Å². The molecule has 0 aromatic rings. The van der Waals surface area contributed by atoms with E-state index >= 15 is 0 Å². The molecule has 0 unspecified atom stereocenters. The van der Waals surface area contributed by atoms with Gasteiger partial charge in [-0.25, -0.2) is 8.42 Å². The summed E-state index contributed by atoms with van der Waals surface area (Å²) in [5.74, 6) is -0.516. The summed E-state index contributed by atoms with van der Waals surface area (Å²) in [6.07, 6.45) is 1.30. The molecule has 1 fully saturated rings. The van der Waals surface area contributed by atoms with Gasteiger partial charge in [-0.1, -0.05) is 0 Å². The molecule has 88 valence electrons. The van der Waals surface area contributed by atoms with Crippen LogP contribution in [0.1, 0.15) is 12.8 Å². The highest BCUT2D eigenvalue weighted by atomic mass is 32.2. The van der Waals surface area contributed by atoms with Crippen LogP contribution in [0.25, 0.3) is 0 Å². The molecule has 0 aliphatic heterocycles. The van der Waals surface area contributed by atoms with Crippen LogP contribution in [0.3, 0.4) is 0 Å². The molecule has 1 aliphatic carbocycles. The molecule has 15 heavy (non-hydrogen) atoms. The van der Waals surface area contributed by atoms with E-state index in [0.29, 0.717) is 26.0 Å². The zero-order chi connectivity index (χ0) is 11.3. The van der Waals surface area contributed by atoms with Crippen molar-refractivity contribution in [2.75, 3.05) is 26.8 Å². The number of hydrogen-bond donors (Lipinski definition) is 2. The first-order chi connectivity index (χ1) is 7.06. The number of nitrogens with one attached hydrogen (secondary N) is 2. The van der Waals surface area contributed by atoms with Crippen molar-refractivity contribution in [2.45, 2.75) is 18.1 Å². The summed E-state index contributed by atoms with van der Waals surface area (Å²) in [5.41, 5.74) is 0. The summed E-state index contributed by atoms with van der Waals surface area (Å²) < 4.78 is 29.4. The van der Waals surface area contributed by atoms with Crippen LogP contribution in [-0.2, 0) is 19.6 Å². The lowest BCUT2D eigenvalue weighted by Gasteiger charge is -2.06. The standard InChI is InChI=1S/C8H16N2O4S/c1-14-5-4-9-6-8(11)10-15(12,13)7-2-3-7/h7,9H,2-6H2,1H3,(H,10,11). The third-order valence-corrected chi connectivity index (χ3v) is 3.85. The molecule has 0 aromatic heterocycles. The van der Waals surface area contributed by atoms with E-state index in [-0.39, 0.29) is 11.8 Å². The van der Waals surface area contributed by atoms with Gasteiger partial charge in [-0.05, 0) is 12.8 Å². The Bertz CT molecular complexity index is 311. The second kappa shape index (κ2) is 5.43. The third-order valence-electron chi connectivity index (χ3n) is 1.99. The first kappa shape index (κ1) is 12.4. The van der Waals surface area contributed by atoms with Crippen molar-refractivity contribution < 1.29 is 17.9 Å². The number of ether oxygens (including phenoxy) is 1. The van der Waals surface area contributed by atoms with Crippen molar-refractivity contribution in [2.24, 2.45) is 0 Å². The number of methoxy groups -OCH3 is 1. The molecule has 0 radical (unpaired) electrons. The average Bonchev–Trinajstić information content (AvgIpc) is 2.94. The fraction of sp³-hybridized carbons (Fsp3) is 0.875. The Balaban J connectivity index is 2.18. The molecule has 1 rings (SSSR count). The summed E-state index contributed by atoms with van der Waals surface area (Å²) in [4.78, 5) is 11.2. The first-order valence-corrected chi connectivity index (χ1v) is 6.35. The zero-order valence-electron chi connectivity index (χ0n) is 8.65. The minimum Gasteiger partial charge on any atom is -0.383 e. The maximum atomic E-state index is 11.3. The highest BCUT2D eigenvalue weighted by molar-refractivity contribution is 7.90. The van der Waals surface area contributed by atoms with E-state index in [0.717, 1.165) is 0 Å². The number of carbonyl (C=O) groups is 1. The van der Waals surface area contributed by atoms with Crippen LogP contribution in [0.5, 0.6) is 0 Å². The van der Waals surface area contributed by atoms with Crippen molar-refractivity contribution >= 4 is 15.9 Å². The molecular formula is C8H16N2O4S. The summed E-state index contributed by atoms with van der Waals surface area (Å²) in [5, 5.41) is 2.41. The van der Waals surface area contributed by atoms with Crippen molar-refractivity contribution in [1.82, 2.24) is 10.0 Å². The molecule has 1 amide bonds. The summed E-state index contributed by atoms with van der Waals surface area (Å²) in [6.45, 7) is 1.01. The van der Waals surface area contributed by atoms with Gasteiger partial charge in [-0.15, -0.1) is 0 Å². The molecule has 6 nitrogen and oxygen atoms in total. The van der Waals surface area contributed by atoms with Gasteiger partial charge in [0.15, 0.2) is 0 Å². The highest BCUT2D eigenvalue weighted by Gasteiger charge is 2.36. The van der Waals surface area contributed by atoms with Crippen LogP contribution in [0.15, 0.2) is 0 Å². The molecule has 1 aliphatic rings. The summed E-state index contributed by atoms with van der Waals surface area (Å²) in [7, 11) is -1.84. The van der Waals surface area contributed by atoms with E-state index in [1.165, 1.54) is 0 Å². The molecule has 0 aromatic carbocycles. The normalized spacial score (nSPS) is 16.3. The van der Waals surface area contributed by atoms with Gasteiger partial charge < -0.3 is 10.1 Å². The number of carbonyl (C=O) groups excluding carboxylic acids is 1. The average molecular weight is 236 g/mol. The summed E-state index contributed by atoms with van der Waals surface area (Å²) in [6, 6.07) is 0. The minimum absolute atomic E-state index is 0.00465. The van der Waals surface area contributed by atoms with Crippen molar-refractivity contribution in [1.29, 1.82) is 0 Å². The lowest BCUT2D eigenvalue weighted by atomic mass is 10.6. The molecule has 0 atom stereocenters. The van der Waals surface area contributed by atoms with Gasteiger partial charge in [0.25, 0.3) is 0 Å². The second-order valence-corrected chi connectivity index (χ2v) is 5.40. The molecule has 0 saturated heterocycles. The third kappa shape index (κ3) is 4.59. The first-order valence-electron chi connectivity index (χ1n) is 4.80. The zero-order valence-corrected chi connectivity index (χ0v) is 9.47. The number of rotatable bonds is 7. The Morgan fingerprint density at radius 1 is 1.47 bits per heavy atom. The van der Waals surface area contributed by atoms with Crippen molar-refractivity contribution in [3.8, 4) is 0 Å². The molecule has 0 bridgehead atoms. The van der Waals surface area contributed by atoms with Crippen molar-refractivity contribution in [3.05, 3.63) is 0 Å². The molecule has 1 saturated carbocycles. The number of sulfonamides is 1. The topological polar surface area (TPSA) is 84.5 Å². The fourth-order valence-electron chi connectivity index (χ4n) is 1.03. The molecule has 0 heterocycles. The van der Waals surface area contributed by atoms with Crippen molar-refractivity contribution in [3.63, 3.8) is 0 Å². The quantitative estimate of drug-likeness (QED) is 0.544. The lowest BCUT2D eigenvalue weighted by Crippen LogP contribution is -2.40. The van der Waals surface area contributed by atoms with Crippen LogP contribution in [0, 0.1) is 0 Å². The van der Waals surface area contributed by atoms with E-state index in [9.17, 15) is 13.2 Å². The highest BCUT2D eigenvalue weighted by Crippen LogP contribution is 2.27. The van der Waals surface area contributed by atoms with E-state index < -0.39 is 15.9 Å². The number of hydrogen-bond acceptors (Lipinski definition) is 5. The fourth-order valence-corrected chi connectivity index (χ4v) is 2.35. The summed E-state index contributed by atoms with van der Waals surface area (Å²) >= 11 is 0. The Morgan fingerprint density at radius 3 is 2.67 bits per heavy atom. The maximum absolute atomic E-state index is 11.3. The molecule has 2 N–H and O–H groups in total. The lowest BCUT2D eigenvalue weighted by molar-refractivity contribution is -0.118. The van der Waals surface area contributed by atoms with Gasteiger partial charge in [0.1, 0.15) is 0 Å². The second-order valence-electron chi connectivity index (χ2n) is 3.44. The van der Waals surface area contributed by atoms with Gasteiger partial charge in [-0.2, -0.15) is 0 Å². The van der Waals surface area contributed by atoms with Crippen LogP contribution >= 0.6 is 0 Å². The van der Waals surface area contributed by atoms with Gasteiger partial charge >= 0.3 is 0 Å². The van der Waals surface area contributed by atoms with Gasteiger partial charge in [0.2, 0.25) is 15.9 Å². The smallest absolute Gasteiger partial charge is 0.247 e. The van der Waals surface area contributed by atoms with Gasteiger partial charge in [-0.3, -0.25) is 9.52 Å². The Morgan fingerprint density at radius 2 is 2.13 bits per heavy atom. The van der Waals surface area contributed by atoms with E-state index in [2.05, 4.69) is 5.32 Å². The Labute approximate surface area is 89.4 Å². The molecular weight excluding hydrogens is 220 g/mol. The van der Waals surface area contributed by atoms with E-state index in [1.807, 2.05) is 4.72 Å². The Hall–Kier alpha value is -0.660. The van der Waals surface area contributed by atoms with Gasteiger partial charge in [0, 0.05) is 13.7 Å². The van der Waals surface area contributed by atoms with Crippen LogP contribution < -0.4 is 10.0 Å². The van der Waals surface area contributed by atoms with Crippen LogP contribution in [0.4, 0.5) is 0 Å². The monoisotopic (exact) mass is 236 g/mol. The predicted molar refractivity (Wildman–Crippen MR) is 54.8 cm³/mol. The maximum Gasteiger partial charge on any atom is 0.247 e. The SMILES string of the molecule is COCCNCC(=O)NS(=O)(=O)C1CC1.